The van der Waals surface area contributed by atoms with Gasteiger partial charge in [0.15, 0.2) is 0 Å². The van der Waals surface area contributed by atoms with Gasteiger partial charge in [0.2, 0.25) is 0 Å². The molecule has 0 unspecified atom stereocenters. The highest BCUT2D eigenvalue weighted by atomic mass is 32.1. The number of carbonyl (C=O) groups is 1. The van der Waals surface area contributed by atoms with Crippen LogP contribution in [-0.2, 0) is 6.54 Å². The molecule has 3 N–H and O–H groups in total. The molecule has 0 spiro atoms. The predicted octanol–water partition coefficient (Wildman–Crippen LogP) is 1.40. The van der Waals surface area contributed by atoms with Gasteiger partial charge in [-0.25, -0.2) is 15.8 Å². The Morgan fingerprint density at radius 3 is 2.79 bits per heavy atom. The largest absolute Gasteiger partial charge is 0.336 e. The summed E-state index contributed by atoms with van der Waals surface area (Å²) in [5.74, 6) is 5.68. The number of nitrogens with two attached hydrogens (primary N) is 1. The molecule has 0 aliphatic rings. The third-order valence-electron chi connectivity index (χ3n) is 2.73. The lowest BCUT2D eigenvalue weighted by Crippen LogP contribution is -2.26. The van der Waals surface area contributed by atoms with Crippen molar-refractivity contribution in [3.05, 3.63) is 40.0 Å². The number of amides is 1. The van der Waals surface area contributed by atoms with E-state index in [1.54, 1.807) is 40.9 Å². The molecule has 2 aromatic rings. The van der Waals surface area contributed by atoms with E-state index in [0.29, 0.717) is 17.9 Å². The number of hydrazine groups is 1. The molecule has 19 heavy (non-hydrogen) atoms. The first kappa shape index (κ1) is 13.4. The SMILES string of the molecule is Cc1ncsc1CN(C)C(=O)c1ccc(NN)nc1. The number of aryl methyl sites for hydroxylation is 1. The van der Waals surface area contributed by atoms with Gasteiger partial charge in [0.25, 0.3) is 5.91 Å². The topological polar surface area (TPSA) is 84.1 Å². The summed E-state index contributed by atoms with van der Waals surface area (Å²) >= 11 is 1.55. The van der Waals surface area contributed by atoms with Gasteiger partial charge in [-0.2, -0.15) is 0 Å². The molecular weight excluding hydrogens is 262 g/mol. The standard InChI is InChI=1S/C12H15N5OS/c1-8-10(19-7-15-8)6-17(2)12(18)9-3-4-11(16-13)14-5-9/h3-5,7H,6,13H2,1-2H3,(H,14,16). The van der Waals surface area contributed by atoms with Crippen molar-refractivity contribution in [2.75, 3.05) is 12.5 Å². The molecule has 0 saturated carbocycles. The summed E-state index contributed by atoms with van der Waals surface area (Å²) < 4.78 is 0. The number of aromatic nitrogens is 2. The summed E-state index contributed by atoms with van der Waals surface area (Å²) in [7, 11) is 1.76. The van der Waals surface area contributed by atoms with Gasteiger partial charge in [-0.3, -0.25) is 4.79 Å². The van der Waals surface area contributed by atoms with Crippen LogP contribution in [0.5, 0.6) is 0 Å². The van der Waals surface area contributed by atoms with Gasteiger partial charge < -0.3 is 10.3 Å². The molecule has 0 fully saturated rings. The average Bonchev–Trinajstić information content (AvgIpc) is 2.83. The Morgan fingerprint density at radius 2 is 2.26 bits per heavy atom. The molecule has 2 heterocycles. The van der Waals surface area contributed by atoms with Crippen LogP contribution in [0, 0.1) is 6.92 Å². The second-order valence-corrected chi connectivity index (χ2v) is 5.04. The Kier molecular flexibility index (Phi) is 4.08. The maximum absolute atomic E-state index is 12.2. The monoisotopic (exact) mass is 277 g/mol. The van der Waals surface area contributed by atoms with E-state index in [-0.39, 0.29) is 5.91 Å². The lowest BCUT2D eigenvalue weighted by atomic mass is 10.2. The zero-order valence-corrected chi connectivity index (χ0v) is 11.6. The van der Waals surface area contributed by atoms with Gasteiger partial charge in [0.1, 0.15) is 5.82 Å². The van der Waals surface area contributed by atoms with Crippen LogP contribution in [0.15, 0.2) is 23.8 Å². The molecule has 0 aliphatic carbocycles. The fourth-order valence-electron chi connectivity index (χ4n) is 1.59. The van der Waals surface area contributed by atoms with Crippen molar-refractivity contribution in [1.82, 2.24) is 14.9 Å². The summed E-state index contributed by atoms with van der Waals surface area (Å²) in [6.07, 6.45) is 1.51. The Labute approximate surface area is 115 Å². The van der Waals surface area contributed by atoms with E-state index in [0.717, 1.165) is 10.6 Å². The summed E-state index contributed by atoms with van der Waals surface area (Å²) in [6.45, 7) is 2.49. The van der Waals surface area contributed by atoms with Crippen molar-refractivity contribution in [3.8, 4) is 0 Å². The number of nitrogen functional groups attached to an aromatic ring is 1. The number of nitrogens with zero attached hydrogens (tertiary/aromatic N) is 3. The molecule has 100 valence electrons. The minimum Gasteiger partial charge on any atom is -0.336 e. The van der Waals surface area contributed by atoms with Crippen molar-refractivity contribution in [1.29, 1.82) is 0 Å². The zero-order chi connectivity index (χ0) is 13.8. The summed E-state index contributed by atoms with van der Waals surface area (Å²) in [4.78, 5) is 23.1. The average molecular weight is 277 g/mol. The quantitative estimate of drug-likeness (QED) is 0.652. The lowest BCUT2D eigenvalue weighted by molar-refractivity contribution is 0.0786. The second kappa shape index (κ2) is 5.77. The van der Waals surface area contributed by atoms with E-state index < -0.39 is 0 Å². The minimum absolute atomic E-state index is 0.0797. The van der Waals surface area contributed by atoms with Crippen LogP contribution < -0.4 is 11.3 Å². The maximum atomic E-state index is 12.2. The van der Waals surface area contributed by atoms with Crippen molar-refractivity contribution in [2.45, 2.75) is 13.5 Å². The molecule has 0 bridgehead atoms. The Hall–Kier alpha value is -1.99. The highest BCUT2D eigenvalue weighted by Crippen LogP contribution is 2.15. The molecule has 2 rings (SSSR count). The Bertz CT molecular complexity index is 566. The third-order valence-corrected chi connectivity index (χ3v) is 3.65. The van der Waals surface area contributed by atoms with Crippen LogP contribution in [0.4, 0.5) is 5.82 Å². The van der Waals surface area contributed by atoms with Gasteiger partial charge in [-0.1, -0.05) is 0 Å². The number of nitrogens with one attached hydrogen (secondary N) is 1. The fraction of sp³-hybridized carbons (Fsp3) is 0.250. The molecule has 7 heteroatoms. The first-order chi connectivity index (χ1) is 9.11. The van der Waals surface area contributed by atoms with Crippen molar-refractivity contribution < 1.29 is 4.79 Å². The van der Waals surface area contributed by atoms with Gasteiger partial charge in [0, 0.05) is 18.1 Å². The number of thiazole rings is 1. The van der Waals surface area contributed by atoms with Crippen molar-refractivity contribution >= 4 is 23.1 Å². The maximum Gasteiger partial charge on any atom is 0.255 e. The van der Waals surface area contributed by atoms with Crippen LogP contribution in [-0.4, -0.2) is 27.8 Å². The van der Waals surface area contributed by atoms with E-state index >= 15 is 0 Å². The second-order valence-electron chi connectivity index (χ2n) is 4.10. The van der Waals surface area contributed by atoms with E-state index in [1.165, 1.54) is 6.20 Å². The van der Waals surface area contributed by atoms with Crippen LogP contribution in [0.3, 0.4) is 0 Å². The van der Waals surface area contributed by atoms with E-state index in [4.69, 9.17) is 5.84 Å². The number of hydrogen-bond acceptors (Lipinski definition) is 6. The van der Waals surface area contributed by atoms with E-state index in [9.17, 15) is 4.79 Å². The van der Waals surface area contributed by atoms with Crippen LogP contribution >= 0.6 is 11.3 Å². The molecule has 0 radical (unpaired) electrons. The highest BCUT2D eigenvalue weighted by Gasteiger charge is 2.14. The summed E-state index contributed by atoms with van der Waals surface area (Å²) in [5, 5.41) is 0. The molecule has 1 amide bonds. The Morgan fingerprint density at radius 1 is 1.47 bits per heavy atom. The van der Waals surface area contributed by atoms with E-state index in [2.05, 4.69) is 15.4 Å². The number of pyridine rings is 1. The van der Waals surface area contributed by atoms with Crippen LogP contribution in [0.2, 0.25) is 0 Å². The van der Waals surface area contributed by atoms with Gasteiger partial charge in [-0.05, 0) is 19.1 Å². The molecule has 2 aromatic heterocycles. The first-order valence-electron chi connectivity index (χ1n) is 5.69. The predicted molar refractivity (Wildman–Crippen MR) is 74.7 cm³/mol. The number of anilines is 1. The third kappa shape index (κ3) is 3.07. The molecule has 6 nitrogen and oxygen atoms in total. The fourth-order valence-corrected chi connectivity index (χ4v) is 2.42. The van der Waals surface area contributed by atoms with Gasteiger partial charge >= 0.3 is 0 Å². The van der Waals surface area contributed by atoms with Crippen molar-refractivity contribution in [2.24, 2.45) is 5.84 Å². The normalized spacial score (nSPS) is 10.3. The summed E-state index contributed by atoms with van der Waals surface area (Å²) in [6, 6.07) is 3.36. The van der Waals surface area contributed by atoms with Crippen LogP contribution in [0.25, 0.3) is 0 Å². The smallest absolute Gasteiger partial charge is 0.255 e. The van der Waals surface area contributed by atoms with Gasteiger partial charge in [-0.15, -0.1) is 11.3 Å². The molecular formula is C12H15N5OS. The number of hydrogen-bond donors (Lipinski definition) is 2. The minimum atomic E-state index is -0.0797. The summed E-state index contributed by atoms with van der Waals surface area (Å²) in [5.41, 5.74) is 5.70. The lowest BCUT2D eigenvalue weighted by Gasteiger charge is -2.16. The van der Waals surface area contributed by atoms with E-state index in [1.807, 2.05) is 6.92 Å². The molecule has 0 saturated heterocycles. The molecule has 0 aliphatic heterocycles. The van der Waals surface area contributed by atoms with Gasteiger partial charge in [0.05, 0.1) is 23.3 Å². The Balaban J connectivity index is 2.08. The molecule has 0 atom stereocenters. The van der Waals surface area contributed by atoms with Crippen molar-refractivity contribution in [3.63, 3.8) is 0 Å². The zero-order valence-electron chi connectivity index (χ0n) is 10.8. The number of carbonyl (C=O) groups excluding carboxylic acids is 1. The first-order valence-corrected chi connectivity index (χ1v) is 6.57. The molecule has 0 aromatic carbocycles. The highest BCUT2D eigenvalue weighted by molar-refractivity contribution is 7.09. The van der Waals surface area contributed by atoms with Crippen LogP contribution in [0.1, 0.15) is 20.9 Å². The number of rotatable bonds is 4.